The summed E-state index contributed by atoms with van der Waals surface area (Å²) in [6.45, 7) is 6.95. The Hall–Kier alpha value is -3.47. The van der Waals surface area contributed by atoms with E-state index in [0.29, 0.717) is 31.2 Å². The number of methoxy groups -OCH3 is 1. The molecule has 7 nitrogen and oxygen atoms in total. The number of nitrogens with zero attached hydrogens (tertiary/aromatic N) is 4. The van der Waals surface area contributed by atoms with Crippen molar-refractivity contribution in [3.05, 3.63) is 46.7 Å². The lowest BCUT2D eigenvalue weighted by Crippen LogP contribution is -2.48. The molecule has 1 aliphatic carbocycles. The quantitative estimate of drug-likeness (QED) is 0.700. The summed E-state index contributed by atoms with van der Waals surface area (Å²) in [4.78, 5) is 2.28. The number of nitriles is 3. The van der Waals surface area contributed by atoms with Crippen LogP contribution in [0.4, 0.5) is 0 Å². The fraction of sp³-hybridized carbons (Fsp3) is 0.480. The molecule has 0 bridgehead atoms. The largest absolute Gasteiger partial charge is 0.493 e. The van der Waals surface area contributed by atoms with Gasteiger partial charge in [0.25, 0.3) is 0 Å². The minimum atomic E-state index is -1.65. The van der Waals surface area contributed by atoms with Gasteiger partial charge in [0.2, 0.25) is 0 Å². The maximum Gasteiger partial charge on any atom is 0.191 e. The highest BCUT2D eigenvalue weighted by Crippen LogP contribution is 2.54. The molecule has 1 aromatic rings. The summed E-state index contributed by atoms with van der Waals surface area (Å²) in [7, 11) is 1.57. The number of rotatable bonds is 7. The van der Waals surface area contributed by atoms with Crippen molar-refractivity contribution in [1.82, 2.24) is 4.90 Å². The van der Waals surface area contributed by atoms with Crippen LogP contribution in [0.3, 0.4) is 0 Å². The number of allylic oxidation sites excluding steroid dienone is 2. The van der Waals surface area contributed by atoms with Crippen molar-refractivity contribution in [1.29, 1.82) is 15.8 Å². The highest BCUT2D eigenvalue weighted by Gasteiger charge is 2.54. The van der Waals surface area contributed by atoms with E-state index in [1.54, 1.807) is 7.11 Å². The molecule has 0 saturated carbocycles. The molecule has 1 aromatic carbocycles. The molecule has 1 aliphatic heterocycles. The van der Waals surface area contributed by atoms with Crippen LogP contribution in [-0.2, 0) is 0 Å². The third kappa shape index (κ3) is 3.79. The van der Waals surface area contributed by atoms with Crippen LogP contribution in [0.15, 0.2) is 41.1 Å². The molecule has 0 unspecified atom stereocenters. The zero-order chi connectivity index (χ0) is 23.3. The number of nitrogens with two attached hydrogens (primary N) is 1. The standard InChI is InChI=1S/C25H29N5O2/c1-4-9-30-10-8-18-19(13-26)24(29)25(15-27,16-28)23(20(18)14-30)17-6-7-21(32-11-5-2)22(12-17)31-3/h6-8,12,20,23H,4-5,9-11,14,29H2,1-3H3/t20-,23+/m1/s1. The van der Waals surface area contributed by atoms with Gasteiger partial charge in [-0.1, -0.05) is 26.0 Å². The molecular weight excluding hydrogens is 402 g/mol. The number of ether oxygens (including phenoxy) is 2. The van der Waals surface area contributed by atoms with E-state index in [2.05, 4.69) is 30.0 Å². The molecule has 2 atom stereocenters. The molecule has 0 fully saturated rings. The summed E-state index contributed by atoms with van der Waals surface area (Å²) in [6, 6.07) is 12.1. The number of benzene rings is 1. The van der Waals surface area contributed by atoms with E-state index < -0.39 is 11.3 Å². The summed E-state index contributed by atoms with van der Waals surface area (Å²) in [6.07, 6.45) is 3.88. The number of hydrogen-bond donors (Lipinski definition) is 1. The molecule has 0 saturated heterocycles. The lowest BCUT2D eigenvalue weighted by atomic mass is 9.58. The minimum Gasteiger partial charge on any atom is -0.493 e. The molecular formula is C25H29N5O2. The molecule has 7 heteroatoms. The van der Waals surface area contributed by atoms with Gasteiger partial charge in [0.05, 0.1) is 37.1 Å². The van der Waals surface area contributed by atoms with Gasteiger partial charge in [-0.05, 0) is 42.7 Å². The molecule has 3 rings (SSSR count). The second kappa shape index (κ2) is 9.77. The summed E-state index contributed by atoms with van der Waals surface area (Å²) in [5, 5.41) is 30.3. The Balaban J connectivity index is 2.21. The molecule has 2 aliphatic rings. The van der Waals surface area contributed by atoms with E-state index in [0.717, 1.165) is 30.5 Å². The van der Waals surface area contributed by atoms with E-state index >= 15 is 0 Å². The lowest BCUT2D eigenvalue weighted by molar-refractivity contribution is 0.207. The van der Waals surface area contributed by atoms with Crippen LogP contribution in [0.25, 0.3) is 0 Å². The van der Waals surface area contributed by atoms with Gasteiger partial charge in [-0.25, -0.2) is 0 Å². The Bertz CT molecular complexity index is 1040. The van der Waals surface area contributed by atoms with Gasteiger partial charge in [0.1, 0.15) is 6.07 Å². The second-order valence-corrected chi connectivity index (χ2v) is 8.19. The Morgan fingerprint density at radius 1 is 1.16 bits per heavy atom. The first-order valence-corrected chi connectivity index (χ1v) is 11.0. The summed E-state index contributed by atoms with van der Waals surface area (Å²) < 4.78 is 11.3. The molecule has 0 spiro atoms. The molecule has 0 aromatic heterocycles. The van der Waals surface area contributed by atoms with Crippen molar-refractivity contribution in [3.63, 3.8) is 0 Å². The smallest absolute Gasteiger partial charge is 0.191 e. The predicted molar refractivity (Wildman–Crippen MR) is 120 cm³/mol. The molecule has 1 heterocycles. The molecule has 2 N–H and O–H groups in total. The van der Waals surface area contributed by atoms with Crippen LogP contribution in [0, 0.1) is 45.3 Å². The summed E-state index contributed by atoms with van der Waals surface area (Å²) in [5.41, 5.74) is 6.62. The zero-order valence-electron chi connectivity index (χ0n) is 18.9. The predicted octanol–water partition coefficient (Wildman–Crippen LogP) is 3.62. The van der Waals surface area contributed by atoms with Crippen molar-refractivity contribution in [2.24, 2.45) is 17.1 Å². The van der Waals surface area contributed by atoms with Crippen molar-refractivity contribution in [2.45, 2.75) is 32.6 Å². The van der Waals surface area contributed by atoms with Gasteiger partial charge in [0.15, 0.2) is 16.9 Å². The summed E-state index contributed by atoms with van der Waals surface area (Å²) >= 11 is 0. The van der Waals surface area contributed by atoms with E-state index in [1.165, 1.54) is 0 Å². The number of hydrogen-bond acceptors (Lipinski definition) is 7. The Morgan fingerprint density at radius 2 is 1.91 bits per heavy atom. The third-order valence-electron chi connectivity index (χ3n) is 6.29. The van der Waals surface area contributed by atoms with Gasteiger partial charge >= 0.3 is 0 Å². The van der Waals surface area contributed by atoms with Crippen molar-refractivity contribution >= 4 is 0 Å². The van der Waals surface area contributed by atoms with Crippen molar-refractivity contribution in [3.8, 4) is 29.7 Å². The van der Waals surface area contributed by atoms with Gasteiger partial charge in [-0.2, -0.15) is 15.8 Å². The fourth-order valence-electron chi connectivity index (χ4n) is 4.82. The lowest BCUT2D eigenvalue weighted by Gasteiger charge is -2.45. The minimum absolute atomic E-state index is 0.0340. The monoisotopic (exact) mass is 431 g/mol. The van der Waals surface area contributed by atoms with E-state index in [-0.39, 0.29) is 17.2 Å². The third-order valence-corrected chi connectivity index (χ3v) is 6.29. The molecule has 0 radical (unpaired) electrons. The summed E-state index contributed by atoms with van der Waals surface area (Å²) in [5.74, 6) is 0.390. The molecule has 166 valence electrons. The highest BCUT2D eigenvalue weighted by atomic mass is 16.5. The van der Waals surface area contributed by atoms with E-state index in [1.807, 2.05) is 31.2 Å². The first-order valence-electron chi connectivity index (χ1n) is 11.0. The average molecular weight is 432 g/mol. The molecule has 0 amide bonds. The van der Waals surface area contributed by atoms with Crippen LogP contribution in [0.2, 0.25) is 0 Å². The topological polar surface area (TPSA) is 119 Å². The van der Waals surface area contributed by atoms with Crippen LogP contribution in [-0.4, -0.2) is 38.3 Å². The Labute approximate surface area is 189 Å². The van der Waals surface area contributed by atoms with Gasteiger partial charge in [0, 0.05) is 24.9 Å². The van der Waals surface area contributed by atoms with Crippen LogP contribution in [0.1, 0.15) is 38.2 Å². The van der Waals surface area contributed by atoms with Crippen LogP contribution >= 0.6 is 0 Å². The first kappa shape index (κ1) is 23.2. The van der Waals surface area contributed by atoms with Crippen LogP contribution in [0.5, 0.6) is 11.5 Å². The number of fused-ring (bicyclic) bond motifs is 1. The zero-order valence-corrected chi connectivity index (χ0v) is 18.9. The highest BCUT2D eigenvalue weighted by molar-refractivity contribution is 5.60. The fourth-order valence-corrected chi connectivity index (χ4v) is 4.82. The maximum absolute atomic E-state index is 10.2. The normalized spacial score (nSPS) is 22.1. The average Bonchev–Trinajstić information content (AvgIpc) is 2.82. The van der Waals surface area contributed by atoms with Crippen LogP contribution < -0.4 is 15.2 Å². The SMILES string of the molecule is CCCOc1ccc([C@H]2[C@@H]3CN(CCC)CC=C3C(C#N)=C(N)C2(C#N)C#N)cc1OC. The Morgan fingerprint density at radius 3 is 2.50 bits per heavy atom. The second-order valence-electron chi connectivity index (χ2n) is 8.19. The van der Waals surface area contributed by atoms with E-state index in [9.17, 15) is 15.8 Å². The van der Waals surface area contributed by atoms with Crippen molar-refractivity contribution < 1.29 is 9.47 Å². The van der Waals surface area contributed by atoms with Gasteiger partial charge in [-0.15, -0.1) is 0 Å². The molecule has 32 heavy (non-hydrogen) atoms. The maximum atomic E-state index is 10.2. The first-order chi connectivity index (χ1) is 15.5. The van der Waals surface area contributed by atoms with Gasteiger partial charge < -0.3 is 15.2 Å². The Kier molecular flexibility index (Phi) is 7.08. The van der Waals surface area contributed by atoms with Gasteiger partial charge in [-0.3, -0.25) is 4.90 Å². The van der Waals surface area contributed by atoms with Crippen molar-refractivity contribution in [2.75, 3.05) is 33.4 Å². The van der Waals surface area contributed by atoms with E-state index in [4.69, 9.17) is 15.2 Å².